The van der Waals surface area contributed by atoms with Gasteiger partial charge in [0, 0.05) is 17.0 Å². The number of carbonyl (C=O) groups excluding carboxylic acids is 1. The van der Waals surface area contributed by atoms with Crippen molar-refractivity contribution >= 4 is 26.6 Å². The molecule has 8 heteroatoms. The number of methoxy groups -OCH3 is 2. The Labute approximate surface area is 126 Å². The van der Waals surface area contributed by atoms with Crippen molar-refractivity contribution in [1.82, 2.24) is 4.98 Å². The summed E-state index contributed by atoms with van der Waals surface area (Å²) in [6.45, 7) is 0. The zero-order valence-corrected chi connectivity index (χ0v) is 12.8. The summed E-state index contributed by atoms with van der Waals surface area (Å²) in [6.07, 6.45) is 1.07. The Bertz CT molecular complexity index is 819. The number of hydrogen-bond acceptors (Lipinski definition) is 6. The van der Waals surface area contributed by atoms with Crippen LogP contribution in [0, 0.1) is 5.82 Å². The first-order chi connectivity index (χ1) is 10.4. The fourth-order valence-electron chi connectivity index (χ4n) is 2.04. The first-order valence-electron chi connectivity index (χ1n) is 6.31. The van der Waals surface area contributed by atoms with Crippen LogP contribution in [0.1, 0.15) is 6.42 Å². The van der Waals surface area contributed by atoms with Gasteiger partial charge in [-0.1, -0.05) is 0 Å². The fourth-order valence-corrected chi connectivity index (χ4v) is 3.50. The summed E-state index contributed by atoms with van der Waals surface area (Å²) in [5.74, 6) is -1.72. The van der Waals surface area contributed by atoms with E-state index in [9.17, 15) is 17.6 Å². The first-order valence-corrected chi connectivity index (χ1v) is 7.96. The van der Waals surface area contributed by atoms with E-state index in [4.69, 9.17) is 4.74 Å². The number of pyridine rings is 1. The number of esters is 1. The molecule has 0 saturated carbocycles. The van der Waals surface area contributed by atoms with Gasteiger partial charge in [0.05, 0.1) is 31.3 Å². The van der Waals surface area contributed by atoms with Gasteiger partial charge in [-0.25, -0.2) is 17.8 Å². The van der Waals surface area contributed by atoms with Gasteiger partial charge in [0.2, 0.25) is 5.88 Å². The molecule has 0 fully saturated rings. The van der Waals surface area contributed by atoms with Crippen LogP contribution in [0.5, 0.6) is 5.88 Å². The number of sulfone groups is 1. The molecule has 22 heavy (non-hydrogen) atoms. The normalized spacial score (nSPS) is 11.4. The van der Waals surface area contributed by atoms with Crippen LogP contribution in [0.25, 0.3) is 10.8 Å². The van der Waals surface area contributed by atoms with Gasteiger partial charge in [-0.05, 0) is 18.2 Å². The van der Waals surface area contributed by atoms with E-state index < -0.39 is 27.4 Å². The van der Waals surface area contributed by atoms with Gasteiger partial charge in [-0.15, -0.1) is 0 Å². The molecule has 0 unspecified atom stereocenters. The van der Waals surface area contributed by atoms with Crippen LogP contribution in [0.15, 0.2) is 29.3 Å². The van der Waals surface area contributed by atoms with Crippen LogP contribution < -0.4 is 4.74 Å². The molecular weight excluding hydrogens is 313 g/mol. The maximum absolute atomic E-state index is 13.8. The van der Waals surface area contributed by atoms with Crippen molar-refractivity contribution < 1.29 is 27.1 Å². The second kappa shape index (κ2) is 6.27. The van der Waals surface area contributed by atoms with E-state index in [1.54, 1.807) is 0 Å². The van der Waals surface area contributed by atoms with Crippen LogP contribution in [0.2, 0.25) is 0 Å². The van der Waals surface area contributed by atoms with Crippen molar-refractivity contribution in [3.8, 4) is 5.88 Å². The van der Waals surface area contributed by atoms with E-state index in [1.807, 2.05) is 0 Å². The fraction of sp³-hybridized carbons (Fsp3) is 0.286. The lowest BCUT2D eigenvalue weighted by molar-refractivity contribution is -0.140. The Morgan fingerprint density at radius 2 is 2.00 bits per heavy atom. The number of ether oxygens (including phenoxy) is 2. The molecule has 0 bridgehead atoms. The number of benzene rings is 1. The predicted molar refractivity (Wildman–Crippen MR) is 76.9 cm³/mol. The zero-order chi connectivity index (χ0) is 16.3. The Morgan fingerprint density at radius 3 is 2.64 bits per heavy atom. The highest BCUT2D eigenvalue weighted by Crippen LogP contribution is 2.30. The molecule has 0 aliphatic carbocycles. The molecule has 0 saturated heterocycles. The largest absolute Gasteiger partial charge is 0.481 e. The molecule has 2 aromatic rings. The molecule has 0 aliphatic heterocycles. The van der Waals surface area contributed by atoms with Crippen molar-refractivity contribution in [2.75, 3.05) is 20.0 Å². The number of nitrogens with zero attached hydrogens (tertiary/aromatic N) is 1. The molecule has 0 atom stereocenters. The quantitative estimate of drug-likeness (QED) is 0.778. The van der Waals surface area contributed by atoms with Crippen molar-refractivity contribution in [3.63, 3.8) is 0 Å². The summed E-state index contributed by atoms with van der Waals surface area (Å²) in [5, 5.41) is 0.541. The van der Waals surface area contributed by atoms with E-state index in [-0.39, 0.29) is 28.0 Å². The summed E-state index contributed by atoms with van der Waals surface area (Å²) in [6, 6.07) is 3.54. The molecule has 0 aliphatic rings. The molecule has 6 nitrogen and oxygen atoms in total. The Balaban J connectivity index is 2.57. The van der Waals surface area contributed by atoms with Crippen molar-refractivity contribution in [3.05, 3.63) is 30.2 Å². The van der Waals surface area contributed by atoms with E-state index in [2.05, 4.69) is 9.72 Å². The highest BCUT2D eigenvalue weighted by molar-refractivity contribution is 7.91. The van der Waals surface area contributed by atoms with E-state index in [0.717, 1.165) is 12.1 Å². The molecule has 0 radical (unpaired) electrons. The van der Waals surface area contributed by atoms with Crippen LogP contribution in [0.4, 0.5) is 4.39 Å². The molecule has 1 aromatic heterocycles. The highest BCUT2D eigenvalue weighted by atomic mass is 32.2. The third-order valence-electron chi connectivity index (χ3n) is 3.10. The summed E-state index contributed by atoms with van der Waals surface area (Å²) >= 11 is 0. The lowest BCUT2D eigenvalue weighted by Crippen LogP contribution is -2.13. The summed E-state index contributed by atoms with van der Waals surface area (Å²) in [7, 11) is -1.33. The monoisotopic (exact) mass is 327 g/mol. The van der Waals surface area contributed by atoms with E-state index in [0.29, 0.717) is 0 Å². The third kappa shape index (κ3) is 3.16. The van der Waals surface area contributed by atoms with Crippen LogP contribution in [0.3, 0.4) is 0 Å². The average molecular weight is 327 g/mol. The van der Waals surface area contributed by atoms with Crippen molar-refractivity contribution in [1.29, 1.82) is 0 Å². The summed E-state index contributed by atoms with van der Waals surface area (Å²) in [4.78, 5) is 14.8. The topological polar surface area (TPSA) is 82.6 Å². The van der Waals surface area contributed by atoms with Gasteiger partial charge >= 0.3 is 5.97 Å². The van der Waals surface area contributed by atoms with E-state index >= 15 is 0 Å². The molecule has 2 rings (SSSR count). The van der Waals surface area contributed by atoms with Crippen LogP contribution in [-0.4, -0.2) is 39.3 Å². The number of carbonyl (C=O) groups is 1. The molecule has 1 aromatic carbocycles. The maximum atomic E-state index is 13.8. The smallest absolute Gasteiger partial charge is 0.306 e. The molecule has 0 N–H and O–H groups in total. The maximum Gasteiger partial charge on any atom is 0.306 e. The van der Waals surface area contributed by atoms with Gasteiger partial charge in [-0.2, -0.15) is 0 Å². The minimum atomic E-state index is -3.86. The molecule has 1 heterocycles. The Morgan fingerprint density at radius 1 is 1.27 bits per heavy atom. The first kappa shape index (κ1) is 16.2. The van der Waals surface area contributed by atoms with E-state index in [1.165, 1.54) is 26.5 Å². The van der Waals surface area contributed by atoms with Crippen LogP contribution >= 0.6 is 0 Å². The molecule has 118 valence electrons. The SMILES string of the molecule is COC(=O)CCS(=O)(=O)c1cc(F)cc2c(OC)nccc12. The lowest BCUT2D eigenvalue weighted by atomic mass is 10.1. The van der Waals surface area contributed by atoms with Gasteiger partial charge in [0.1, 0.15) is 5.82 Å². The summed E-state index contributed by atoms with van der Waals surface area (Å²) < 4.78 is 48.0. The molecule has 0 spiro atoms. The third-order valence-corrected chi connectivity index (χ3v) is 4.85. The number of halogens is 1. The minimum Gasteiger partial charge on any atom is -0.481 e. The molecule has 0 amide bonds. The minimum absolute atomic E-state index is 0.126. The molecular formula is C14H14FNO5S. The Kier molecular flexibility index (Phi) is 4.60. The lowest BCUT2D eigenvalue weighted by Gasteiger charge is -2.10. The highest BCUT2D eigenvalue weighted by Gasteiger charge is 2.22. The predicted octanol–water partition coefficient (Wildman–Crippen LogP) is 1.72. The second-order valence-electron chi connectivity index (χ2n) is 4.46. The number of aromatic nitrogens is 1. The number of hydrogen-bond donors (Lipinski definition) is 0. The number of rotatable bonds is 5. The van der Waals surface area contributed by atoms with Gasteiger partial charge in [0.25, 0.3) is 0 Å². The second-order valence-corrected chi connectivity index (χ2v) is 6.54. The van der Waals surface area contributed by atoms with Crippen molar-refractivity contribution in [2.24, 2.45) is 0 Å². The van der Waals surface area contributed by atoms with Crippen molar-refractivity contribution in [2.45, 2.75) is 11.3 Å². The Hall–Kier alpha value is -2.22. The van der Waals surface area contributed by atoms with Gasteiger partial charge in [-0.3, -0.25) is 4.79 Å². The summed E-state index contributed by atoms with van der Waals surface area (Å²) in [5.41, 5.74) is 0. The zero-order valence-electron chi connectivity index (χ0n) is 12.0. The average Bonchev–Trinajstić information content (AvgIpc) is 2.51. The van der Waals surface area contributed by atoms with Gasteiger partial charge in [0.15, 0.2) is 9.84 Å². The van der Waals surface area contributed by atoms with Crippen LogP contribution in [-0.2, 0) is 19.4 Å². The number of fused-ring (bicyclic) bond motifs is 1. The van der Waals surface area contributed by atoms with Gasteiger partial charge < -0.3 is 9.47 Å². The standard InChI is InChI=1S/C14H14FNO5S/c1-20-13(17)4-6-22(18,19)12-8-9(15)7-11-10(12)3-5-16-14(11)21-2/h3,5,7-8H,4,6H2,1-2H3.